The minimum atomic E-state index is -1.39. The second-order valence-electron chi connectivity index (χ2n) is 6.27. The number of nitrogens with two attached hydrogens (primary N) is 1. The van der Waals surface area contributed by atoms with E-state index in [1.807, 2.05) is 0 Å². The first-order valence-corrected chi connectivity index (χ1v) is 8.57. The van der Waals surface area contributed by atoms with Crippen LogP contribution in [0.25, 0.3) is 0 Å². The normalized spacial score (nSPS) is 15.0. The molecule has 0 aromatic heterocycles. The molecule has 0 aliphatic carbocycles. The number of aliphatic carboxylic acids is 2. The largest absolute Gasteiger partial charge is 0.481 e. The number of carboxylic acid groups (broad SMARTS) is 2. The van der Waals surface area contributed by atoms with Crippen molar-refractivity contribution in [1.29, 1.82) is 0 Å². The Hall–Kier alpha value is -2.69. The number of hydrogen-bond acceptors (Lipinski definition) is 6. The van der Waals surface area contributed by atoms with Crippen LogP contribution in [0.5, 0.6) is 0 Å². The molecule has 0 aromatic carbocycles. The summed E-state index contributed by atoms with van der Waals surface area (Å²) in [6, 6.07) is -3.23. The van der Waals surface area contributed by atoms with E-state index in [1.54, 1.807) is 13.8 Å². The zero-order chi connectivity index (χ0) is 21.1. The lowest BCUT2D eigenvalue weighted by atomic mass is 9.97. The number of carbonyl (C=O) groups excluding carboxylic acids is 3. The third kappa shape index (κ3) is 9.54. The van der Waals surface area contributed by atoms with Crippen molar-refractivity contribution in [2.45, 2.75) is 58.2 Å². The predicted octanol–water partition coefficient (Wildman–Crippen LogP) is -1.59. The molecular formula is C16H28N4O7. The van der Waals surface area contributed by atoms with E-state index in [1.165, 1.54) is 6.92 Å². The molecule has 0 rings (SSSR count). The van der Waals surface area contributed by atoms with Crippen LogP contribution in [0.3, 0.4) is 0 Å². The van der Waals surface area contributed by atoms with Crippen molar-refractivity contribution in [3.63, 3.8) is 0 Å². The van der Waals surface area contributed by atoms with Gasteiger partial charge in [0.2, 0.25) is 17.7 Å². The van der Waals surface area contributed by atoms with Crippen molar-refractivity contribution in [1.82, 2.24) is 16.0 Å². The van der Waals surface area contributed by atoms with Gasteiger partial charge < -0.3 is 31.9 Å². The fourth-order valence-electron chi connectivity index (χ4n) is 2.04. The van der Waals surface area contributed by atoms with Crippen molar-refractivity contribution in [3.8, 4) is 0 Å². The molecule has 0 spiro atoms. The number of nitrogens with one attached hydrogen (secondary N) is 3. The van der Waals surface area contributed by atoms with Gasteiger partial charge in [0.05, 0.1) is 12.6 Å². The van der Waals surface area contributed by atoms with Crippen LogP contribution in [0.1, 0.15) is 40.0 Å². The van der Waals surface area contributed by atoms with E-state index in [0.29, 0.717) is 6.42 Å². The molecule has 11 heteroatoms. The Morgan fingerprint density at radius 3 is 2.04 bits per heavy atom. The molecule has 0 radical (unpaired) electrons. The van der Waals surface area contributed by atoms with Gasteiger partial charge in [0.25, 0.3) is 0 Å². The van der Waals surface area contributed by atoms with Gasteiger partial charge in [0.15, 0.2) is 0 Å². The maximum absolute atomic E-state index is 12.4. The zero-order valence-corrected chi connectivity index (χ0v) is 15.7. The lowest BCUT2D eigenvalue weighted by molar-refractivity contribution is -0.143. The molecule has 3 amide bonds. The van der Waals surface area contributed by atoms with E-state index in [4.69, 9.17) is 15.9 Å². The summed E-state index contributed by atoms with van der Waals surface area (Å²) in [4.78, 5) is 57.7. The Balaban J connectivity index is 4.97. The van der Waals surface area contributed by atoms with E-state index in [9.17, 15) is 24.0 Å². The van der Waals surface area contributed by atoms with E-state index in [2.05, 4.69) is 16.0 Å². The summed E-state index contributed by atoms with van der Waals surface area (Å²) in [7, 11) is 0. The molecule has 0 heterocycles. The van der Waals surface area contributed by atoms with Crippen LogP contribution < -0.4 is 21.7 Å². The summed E-state index contributed by atoms with van der Waals surface area (Å²) < 4.78 is 0. The first-order chi connectivity index (χ1) is 12.5. The number of hydrogen-bond donors (Lipinski definition) is 6. The highest BCUT2D eigenvalue weighted by Gasteiger charge is 2.30. The van der Waals surface area contributed by atoms with Crippen LogP contribution in [0, 0.1) is 5.92 Å². The van der Waals surface area contributed by atoms with Gasteiger partial charge in [-0.2, -0.15) is 0 Å². The molecule has 11 nitrogen and oxygen atoms in total. The lowest BCUT2D eigenvalue weighted by Gasteiger charge is -2.25. The van der Waals surface area contributed by atoms with Crippen molar-refractivity contribution in [3.05, 3.63) is 0 Å². The molecule has 154 valence electrons. The highest BCUT2D eigenvalue weighted by Crippen LogP contribution is 2.09. The summed E-state index contributed by atoms with van der Waals surface area (Å²) in [6.45, 7) is 4.54. The monoisotopic (exact) mass is 388 g/mol. The molecule has 27 heavy (non-hydrogen) atoms. The first kappa shape index (κ1) is 24.3. The summed E-state index contributed by atoms with van der Waals surface area (Å²) >= 11 is 0. The van der Waals surface area contributed by atoms with Gasteiger partial charge in [0, 0.05) is 6.42 Å². The number of carbonyl (C=O) groups is 5. The second-order valence-corrected chi connectivity index (χ2v) is 6.27. The maximum atomic E-state index is 12.4. The van der Waals surface area contributed by atoms with Crippen molar-refractivity contribution in [2.75, 3.05) is 6.54 Å². The van der Waals surface area contributed by atoms with Crippen LogP contribution in [-0.4, -0.2) is 64.5 Å². The average molecular weight is 388 g/mol. The average Bonchev–Trinajstić information content (AvgIpc) is 2.59. The van der Waals surface area contributed by atoms with Crippen LogP contribution >= 0.6 is 0 Å². The third-order valence-electron chi connectivity index (χ3n) is 3.91. The number of rotatable bonds is 12. The van der Waals surface area contributed by atoms with E-state index < -0.39 is 54.2 Å². The molecule has 0 saturated heterocycles. The predicted molar refractivity (Wildman–Crippen MR) is 94.5 cm³/mol. The van der Waals surface area contributed by atoms with Crippen LogP contribution in [0.4, 0.5) is 0 Å². The fourth-order valence-corrected chi connectivity index (χ4v) is 2.04. The van der Waals surface area contributed by atoms with E-state index in [-0.39, 0.29) is 18.9 Å². The van der Waals surface area contributed by atoms with Crippen molar-refractivity contribution >= 4 is 29.7 Å². The molecule has 0 aliphatic rings. The smallest absolute Gasteiger partial charge is 0.326 e. The van der Waals surface area contributed by atoms with Crippen molar-refractivity contribution in [2.24, 2.45) is 11.7 Å². The van der Waals surface area contributed by atoms with E-state index >= 15 is 0 Å². The summed E-state index contributed by atoms with van der Waals surface area (Å²) in [5, 5.41) is 24.8. The number of carboxylic acids is 2. The van der Waals surface area contributed by atoms with Gasteiger partial charge in [0.1, 0.15) is 12.1 Å². The lowest BCUT2D eigenvalue weighted by Crippen LogP contribution is -2.55. The summed E-state index contributed by atoms with van der Waals surface area (Å²) in [6.07, 6.45) is -0.208. The van der Waals surface area contributed by atoms with E-state index in [0.717, 1.165) is 0 Å². The Morgan fingerprint density at radius 2 is 1.59 bits per heavy atom. The highest BCUT2D eigenvalue weighted by molar-refractivity contribution is 5.92. The van der Waals surface area contributed by atoms with Gasteiger partial charge >= 0.3 is 11.9 Å². The summed E-state index contributed by atoms with van der Waals surface area (Å²) in [5.41, 5.74) is 5.37. The van der Waals surface area contributed by atoms with Gasteiger partial charge in [-0.15, -0.1) is 0 Å². The highest BCUT2D eigenvalue weighted by atomic mass is 16.4. The molecular weight excluding hydrogens is 360 g/mol. The number of amides is 3. The fraction of sp³-hybridized carbons (Fsp3) is 0.688. The molecule has 0 fully saturated rings. The topological polar surface area (TPSA) is 188 Å². The first-order valence-electron chi connectivity index (χ1n) is 8.57. The molecule has 0 saturated carbocycles. The van der Waals surface area contributed by atoms with Gasteiger partial charge in [-0.3, -0.25) is 19.2 Å². The Labute approximate surface area is 157 Å². The van der Waals surface area contributed by atoms with Gasteiger partial charge in [-0.25, -0.2) is 4.79 Å². The van der Waals surface area contributed by atoms with Crippen LogP contribution in [0.2, 0.25) is 0 Å². The van der Waals surface area contributed by atoms with Crippen LogP contribution in [0.15, 0.2) is 0 Å². The Kier molecular flexibility index (Phi) is 10.7. The molecule has 0 aliphatic heterocycles. The SMILES string of the molecule is CCC(C)C(NC(=O)CNC(=O)C(C)N)C(=O)NC(CCC(=O)O)C(=O)O. The zero-order valence-electron chi connectivity index (χ0n) is 15.7. The standard InChI is InChI=1S/C16H28N4O7/c1-4-8(2)13(20-11(21)7-18-14(24)9(3)17)15(25)19-10(16(26)27)5-6-12(22)23/h8-10,13H,4-7,17H2,1-3H3,(H,18,24)(H,19,25)(H,20,21)(H,22,23)(H,26,27). The second kappa shape index (κ2) is 11.8. The third-order valence-corrected chi connectivity index (χ3v) is 3.91. The van der Waals surface area contributed by atoms with Crippen LogP contribution in [-0.2, 0) is 24.0 Å². The Bertz CT molecular complexity index is 565. The molecule has 4 unspecified atom stereocenters. The molecule has 7 N–H and O–H groups in total. The summed E-state index contributed by atoms with van der Waals surface area (Å²) in [5.74, 6) is -4.80. The minimum absolute atomic E-state index is 0.290. The molecule has 0 bridgehead atoms. The quantitative estimate of drug-likeness (QED) is 0.231. The van der Waals surface area contributed by atoms with Crippen molar-refractivity contribution < 1.29 is 34.2 Å². The minimum Gasteiger partial charge on any atom is -0.481 e. The van der Waals surface area contributed by atoms with Gasteiger partial charge in [-0.1, -0.05) is 20.3 Å². The maximum Gasteiger partial charge on any atom is 0.326 e. The van der Waals surface area contributed by atoms with Gasteiger partial charge in [-0.05, 0) is 19.3 Å². The Morgan fingerprint density at radius 1 is 1.00 bits per heavy atom. The molecule has 0 aromatic rings. The molecule has 4 atom stereocenters.